The van der Waals surface area contributed by atoms with Gasteiger partial charge in [-0.2, -0.15) is 0 Å². The number of carbonyl (C=O) groups excluding carboxylic acids is 2. The Morgan fingerprint density at radius 3 is 2.43 bits per heavy atom. The van der Waals surface area contributed by atoms with Gasteiger partial charge in [0.25, 0.3) is 5.91 Å². The fourth-order valence-corrected chi connectivity index (χ4v) is 3.53. The molecule has 2 aromatic rings. The van der Waals surface area contributed by atoms with Crippen molar-refractivity contribution in [3.8, 4) is 0 Å². The van der Waals surface area contributed by atoms with Crippen LogP contribution in [0.25, 0.3) is 0 Å². The highest BCUT2D eigenvalue weighted by Crippen LogP contribution is 2.33. The summed E-state index contributed by atoms with van der Waals surface area (Å²) in [5, 5.41) is 3.38. The summed E-state index contributed by atoms with van der Waals surface area (Å²) in [5.41, 5.74) is 1.85. The molecule has 0 aliphatic carbocycles. The number of esters is 1. The third-order valence-corrected chi connectivity index (χ3v) is 5.31. The largest absolute Gasteiger partial charge is 0.462 e. The third kappa shape index (κ3) is 3.95. The molecule has 1 aromatic carbocycles. The van der Waals surface area contributed by atoms with E-state index in [1.807, 2.05) is 32.2 Å². The lowest BCUT2D eigenvalue weighted by Gasteiger charge is -2.07. The summed E-state index contributed by atoms with van der Waals surface area (Å²) in [6, 6.07) is 7.35. The fourth-order valence-electron chi connectivity index (χ4n) is 2.08. The Morgan fingerprint density at radius 1 is 1.22 bits per heavy atom. The van der Waals surface area contributed by atoms with Crippen molar-refractivity contribution in [2.75, 3.05) is 18.2 Å². The standard InChI is InChI=1S/C17H19NO3S2/c1-5-21-17(20)14-10(2)11(3)23-16(14)18-15(19)12-6-8-13(22-4)9-7-12/h6-9H,5H2,1-4H3,(H,18,19). The molecule has 122 valence electrons. The predicted octanol–water partition coefficient (Wildman–Crippen LogP) is 4.52. The SMILES string of the molecule is CCOC(=O)c1c(NC(=O)c2ccc(SC)cc2)sc(C)c1C. The molecule has 0 atom stereocenters. The van der Waals surface area contributed by atoms with Crippen molar-refractivity contribution >= 4 is 40.0 Å². The average Bonchev–Trinajstić information content (AvgIpc) is 2.82. The lowest BCUT2D eigenvalue weighted by atomic mass is 10.1. The maximum Gasteiger partial charge on any atom is 0.341 e. The molecule has 0 unspecified atom stereocenters. The van der Waals surface area contributed by atoms with Crippen LogP contribution in [0.3, 0.4) is 0 Å². The lowest BCUT2D eigenvalue weighted by Crippen LogP contribution is -2.14. The van der Waals surface area contributed by atoms with E-state index in [9.17, 15) is 9.59 Å². The van der Waals surface area contributed by atoms with Gasteiger partial charge in [0.05, 0.1) is 12.2 Å². The Hall–Kier alpha value is -1.79. The third-order valence-electron chi connectivity index (χ3n) is 3.44. The van der Waals surface area contributed by atoms with E-state index >= 15 is 0 Å². The van der Waals surface area contributed by atoms with E-state index in [0.29, 0.717) is 22.7 Å². The molecule has 0 bridgehead atoms. The zero-order valence-electron chi connectivity index (χ0n) is 13.6. The number of ether oxygens (including phenoxy) is 1. The van der Waals surface area contributed by atoms with Gasteiger partial charge in [-0.25, -0.2) is 4.79 Å². The summed E-state index contributed by atoms with van der Waals surface area (Å²) in [6.45, 7) is 5.85. The molecular weight excluding hydrogens is 330 g/mol. The molecule has 6 heteroatoms. The predicted molar refractivity (Wildman–Crippen MR) is 95.9 cm³/mol. The topological polar surface area (TPSA) is 55.4 Å². The molecule has 0 saturated carbocycles. The van der Waals surface area contributed by atoms with Crippen LogP contribution >= 0.6 is 23.1 Å². The van der Waals surface area contributed by atoms with E-state index in [-0.39, 0.29) is 5.91 Å². The molecule has 4 nitrogen and oxygen atoms in total. The number of nitrogens with one attached hydrogen (secondary N) is 1. The monoisotopic (exact) mass is 349 g/mol. The number of thiophene rings is 1. The second-order valence-corrected chi connectivity index (χ2v) is 6.99. The van der Waals surface area contributed by atoms with Gasteiger partial charge in [-0.3, -0.25) is 4.79 Å². The van der Waals surface area contributed by atoms with E-state index in [1.165, 1.54) is 11.3 Å². The first-order valence-corrected chi connectivity index (χ1v) is 9.24. The lowest BCUT2D eigenvalue weighted by molar-refractivity contribution is 0.0527. The van der Waals surface area contributed by atoms with Crippen LogP contribution in [0.15, 0.2) is 29.2 Å². The number of hydrogen-bond acceptors (Lipinski definition) is 5. The van der Waals surface area contributed by atoms with E-state index < -0.39 is 5.97 Å². The smallest absolute Gasteiger partial charge is 0.341 e. The number of aryl methyl sites for hydroxylation is 1. The van der Waals surface area contributed by atoms with Gasteiger partial charge in [-0.15, -0.1) is 23.1 Å². The van der Waals surface area contributed by atoms with Crippen LogP contribution in [0.5, 0.6) is 0 Å². The second-order valence-electron chi connectivity index (χ2n) is 4.89. The Bertz CT molecular complexity index is 720. The number of hydrogen-bond donors (Lipinski definition) is 1. The number of carbonyl (C=O) groups is 2. The maximum absolute atomic E-state index is 12.4. The minimum atomic E-state index is -0.401. The molecule has 1 aromatic heterocycles. The van der Waals surface area contributed by atoms with Gasteiger partial charge in [-0.05, 0) is 56.9 Å². The zero-order valence-corrected chi connectivity index (χ0v) is 15.2. The average molecular weight is 349 g/mol. The summed E-state index contributed by atoms with van der Waals surface area (Å²) >= 11 is 3.01. The van der Waals surface area contributed by atoms with E-state index in [4.69, 9.17) is 4.74 Å². The molecule has 0 spiro atoms. The molecular formula is C17H19NO3S2. The molecule has 0 fully saturated rings. The van der Waals surface area contributed by atoms with Gasteiger partial charge < -0.3 is 10.1 Å². The van der Waals surface area contributed by atoms with Crippen molar-refractivity contribution in [1.29, 1.82) is 0 Å². The number of thioether (sulfide) groups is 1. The highest BCUT2D eigenvalue weighted by atomic mass is 32.2. The van der Waals surface area contributed by atoms with Crippen LogP contribution in [0.2, 0.25) is 0 Å². The summed E-state index contributed by atoms with van der Waals surface area (Å²) in [6.07, 6.45) is 1.98. The van der Waals surface area contributed by atoms with Crippen LogP contribution in [0, 0.1) is 13.8 Å². The fraction of sp³-hybridized carbons (Fsp3) is 0.294. The molecule has 0 radical (unpaired) electrons. The Morgan fingerprint density at radius 2 is 1.87 bits per heavy atom. The number of amides is 1. The molecule has 1 heterocycles. The zero-order chi connectivity index (χ0) is 17.0. The Labute approximate surface area is 144 Å². The van der Waals surface area contributed by atoms with Crippen molar-refractivity contribution in [2.45, 2.75) is 25.7 Å². The molecule has 1 amide bonds. The van der Waals surface area contributed by atoms with Gasteiger partial charge >= 0.3 is 5.97 Å². The molecule has 23 heavy (non-hydrogen) atoms. The highest BCUT2D eigenvalue weighted by Gasteiger charge is 2.22. The van der Waals surface area contributed by atoms with Crippen LogP contribution < -0.4 is 5.32 Å². The van der Waals surface area contributed by atoms with Gasteiger partial charge in [-0.1, -0.05) is 0 Å². The van der Waals surface area contributed by atoms with E-state index in [2.05, 4.69) is 5.32 Å². The minimum Gasteiger partial charge on any atom is -0.462 e. The van der Waals surface area contributed by atoms with Crippen molar-refractivity contribution in [3.05, 3.63) is 45.8 Å². The van der Waals surface area contributed by atoms with Crippen molar-refractivity contribution in [3.63, 3.8) is 0 Å². The molecule has 0 aliphatic rings. The van der Waals surface area contributed by atoms with E-state index in [1.54, 1.807) is 30.8 Å². The molecule has 1 N–H and O–H groups in total. The summed E-state index contributed by atoms with van der Waals surface area (Å²) in [5.74, 6) is -0.633. The van der Waals surface area contributed by atoms with Gasteiger partial charge in [0.2, 0.25) is 0 Å². The number of anilines is 1. The normalized spacial score (nSPS) is 10.4. The Balaban J connectivity index is 2.26. The second kappa shape index (κ2) is 7.66. The molecule has 2 rings (SSSR count). The maximum atomic E-state index is 12.4. The first-order valence-electron chi connectivity index (χ1n) is 7.20. The summed E-state index contributed by atoms with van der Waals surface area (Å²) in [4.78, 5) is 26.6. The first-order chi connectivity index (χ1) is 11.0. The van der Waals surface area contributed by atoms with Gasteiger partial charge in [0.15, 0.2) is 0 Å². The van der Waals surface area contributed by atoms with Crippen LogP contribution in [-0.4, -0.2) is 24.7 Å². The minimum absolute atomic E-state index is 0.232. The quantitative estimate of drug-likeness (QED) is 0.637. The first kappa shape index (κ1) is 17.6. The molecule has 0 aliphatic heterocycles. The number of benzene rings is 1. The van der Waals surface area contributed by atoms with Crippen molar-refractivity contribution in [1.82, 2.24) is 0 Å². The van der Waals surface area contributed by atoms with Crippen LogP contribution in [-0.2, 0) is 4.74 Å². The van der Waals surface area contributed by atoms with Gasteiger partial charge in [0.1, 0.15) is 5.00 Å². The number of rotatable bonds is 5. The van der Waals surface area contributed by atoms with Gasteiger partial charge in [0, 0.05) is 15.3 Å². The van der Waals surface area contributed by atoms with E-state index in [0.717, 1.165) is 15.3 Å². The molecule has 0 saturated heterocycles. The Kier molecular flexibility index (Phi) is 5.85. The summed E-state index contributed by atoms with van der Waals surface area (Å²) < 4.78 is 5.09. The van der Waals surface area contributed by atoms with Crippen LogP contribution in [0.4, 0.5) is 5.00 Å². The highest BCUT2D eigenvalue weighted by molar-refractivity contribution is 7.98. The summed E-state index contributed by atoms with van der Waals surface area (Å²) in [7, 11) is 0. The van der Waals surface area contributed by atoms with Crippen molar-refractivity contribution in [2.24, 2.45) is 0 Å². The van der Waals surface area contributed by atoms with Crippen LogP contribution in [0.1, 0.15) is 38.1 Å². The van der Waals surface area contributed by atoms with Crippen molar-refractivity contribution < 1.29 is 14.3 Å².